The molecule has 2 atom stereocenters. The number of aliphatic imine (C=N–C) groups is 1. The van der Waals surface area contributed by atoms with Crippen LogP contribution in [0.4, 0.5) is 0 Å². The molecular weight excluding hydrogens is 421 g/mol. The van der Waals surface area contributed by atoms with Crippen LogP contribution in [0.2, 0.25) is 0 Å². The third kappa shape index (κ3) is 5.52. The summed E-state index contributed by atoms with van der Waals surface area (Å²) in [5.74, 6) is 1.46. The summed E-state index contributed by atoms with van der Waals surface area (Å²) in [5, 5.41) is 2.60. The van der Waals surface area contributed by atoms with Crippen molar-refractivity contribution in [3.63, 3.8) is 0 Å². The Bertz CT molecular complexity index is 1210. The van der Waals surface area contributed by atoms with E-state index in [0.29, 0.717) is 21.1 Å². The minimum Gasteiger partial charge on any atom is -0.492 e. The summed E-state index contributed by atoms with van der Waals surface area (Å²) in [6.45, 7) is 7.23. The van der Waals surface area contributed by atoms with Gasteiger partial charge in [-0.15, -0.1) is 0 Å². The molecule has 33 heavy (non-hydrogen) atoms. The van der Waals surface area contributed by atoms with Crippen LogP contribution in [-0.4, -0.2) is 19.4 Å². The van der Waals surface area contributed by atoms with Crippen LogP contribution in [0.15, 0.2) is 90.0 Å². The average Bonchev–Trinajstić information content (AvgIpc) is 2.82. The van der Waals surface area contributed by atoms with Gasteiger partial charge >= 0.3 is 0 Å². The molecule has 0 aromatic heterocycles. The van der Waals surface area contributed by atoms with E-state index < -0.39 is 0 Å². The zero-order chi connectivity index (χ0) is 23.2. The van der Waals surface area contributed by atoms with Crippen LogP contribution >= 0.6 is 8.58 Å². The van der Waals surface area contributed by atoms with Gasteiger partial charge in [0.05, 0.1) is 12.3 Å². The van der Waals surface area contributed by atoms with Gasteiger partial charge in [0.15, 0.2) is 0 Å². The van der Waals surface area contributed by atoms with Gasteiger partial charge in [-0.3, -0.25) is 4.99 Å². The standard InChI is InChI=1S/C30H32NOP/c1-21-18-23(3)29(32-20-24-13-7-5-8-14-24)27(19-21)33-30-22(2)12-11-17-26(30)28(31-4)25-15-9-6-10-16-25/h5-13,15-19,24,33H,14,20H2,1-4H3. The summed E-state index contributed by atoms with van der Waals surface area (Å²) in [6.07, 6.45) is 9.73. The molecule has 0 saturated carbocycles. The minimum absolute atomic E-state index is 0.429. The van der Waals surface area contributed by atoms with Crippen molar-refractivity contribution >= 4 is 24.9 Å². The molecule has 3 aromatic rings. The predicted molar refractivity (Wildman–Crippen MR) is 145 cm³/mol. The molecule has 3 aromatic carbocycles. The maximum Gasteiger partial charge on any atom is 0.129 e. The monoisotopic (exact) mass is 453 g/mol. The van der Waals surface area contributed by atoms with Crippen molar-refractivity contribution in [2.24, 2.45) is 10.9 Å². The van der Waals surface area contributed by atoms with E-state index in [9.17, 15) is 0 Å². The van der Waals surface area contributed by atoms with E-state index in [-0.39, 0.29) is 0 Å². The molecule has 0 fully saturated rings. The van der Waals surface area contributed by atoms with Gasteiger partial charge in [-0.25, -0.2) is 0 Å². The highest BCUT2D eigenvalue weighted by atomic mass is 31.1. The van der Waals surface area contributed by atoms with E-state index in [4.69, 9.17) is 9.73 Å². The van der Waals surface area contributed by atoms with Crippen molar-refractivity contribution in [3.8, 4) is 5.75 Å². The second-order valence-electron chi connectivity index (χ2n) is 8.64. The van der Waals surface area contributed by atoms with Gasteiger partial charge in [0.25, 0.3) is 0 Å². The fourth-order valence-corrected chi connectivity index (χ4v) is 5.92. The first-order valence-corrected chi connectivity index (χ1v) is 12.5. The largest absolute Gasteiger partial charge is 0.492 e. The zero-order valence-corrected chi connectivity index (χ0v) is 20.9. The zero-order valence-electron chi connectivity index (χ0n) is 19.9. The van der Waals surface area contributed by atoms with E-state index in [1.807, 2.05) is 13.1 Å². The molecule has 0 saturated heterocycles. The Morgan fingerprint density at radius 3 is 2.52 bits per heavy atom. The Balaban J connectivity index is 1.71. The summed E-state index contributed by atoms with van der Waals surface area (Å²) in [4.78, 5) is 4.70. The summed E-state index contributed by atoms with van der Waals surface area (Å²) in [5.41, 5.74) is 7.14. The third-order valence-corrected chi connectivity index (χ3v) is 7.54. The highest BCUT2D eigenvalue weighted by Crippen LogP contribution is 2.28. The van der Waals surface area contributed by atoms with Crippen molar-refractivity contribution in [2.45, 2.75) is 27.2 Å². The van der Waals surface area contributed by atoms with Gasteiger partial charge in [-0.05, 0) is 55.3 Å². The molecule has 168 valence electrons. The predicted octanol–water partition coefficient (Wildman–Crippen LogP) is 6.22. The first-order chi connectivity index (χ1) is 16.1. The number of ether oxygens (including phenoxy) is 1. The number of hydrogen-bond acceptors (Lipinski definition) is 2. The van der Waals surface area contributed by atoms with Gasteiger partial charge in [-0.2, -0.15) is 0 Å². The lowest BCUT2D eigenvalue weighted by atomic mass is 10.0. The molecule has 0 spiro atoms. The Kier molecular flexibility index (Phi) is 7.57. The first-order valence-electron chi connectivity index (χ1n) is 11.5. The average molecular weight is 454 g/mol. The quantitative estimate of drug-likeness (QED) is 0.307. The van der Waals surface area contributed by atoms with Crippen molar-refractivity contribution in [2.75, 3.05) is 13.7 Å². The van der Waals surface area contributed by atoms with Crippen LogP contribution in [0.25, 0.3) is 0 Å². The lowest BCUT2D eigenvalue weighted by molar-refractivity contribution is 0.276. The molecule has 0 N–H and O–H groups in total. The van der Waals surface area contributed by atoms with E-state index in [0.717, 1.165) is 23.4 Å². The normalized spacial score (nSPS) is 16.0. The minimum atomic E-state index is 0.429. The summed E-state index contributed by atoms with van der Waals surface area (Å²) in [7, 11) is 2.37. The van der Waals surface area contributed by atoms with Crippen molar-refractivity contribution in [1.29, 1.82) is 0 Å². The number of hydrogen-bond donors (Lipinski definition) is 0. The molecular formula is C30H32NOP. The second-order valence-corrected chi connectivity index (χ2v) is 9.93. The lowest BCUT2D eigenvalue weighted by Crippen LogP contribution is -2.20. The molecule has 1 aliphatic carbocycles. The summed E-state index contributed by atoms with van der Waals surface area (Å²) >= 11 is 0. The fraction of sp³-hybridized carbons (Fsp3) is 0.233. The Hall–Kier alpha value is -2.96. The molecule has 1 aliphatic rings. The smallest absolute Gasteiger partial charge is 0.129 e. The number of aryl methyl sites for hydroxylation is 3. The van der Waals surface area contributed by atoms with Crippen LogP contribution < -0.4 is 15.3 Å². The number of rotatable bonds is 7. The number of benzene rings is 3. The number of nitrogens with zero attached hydrogens (tertiary/aromatic N) is 1. The second kappa shape index (κ2) is 10.8. The van der Waals surface area contributed by atoms with Gasteiger partial charge in [0.1, 0.15) is 5.75 Å². The van der Waals surface area contributed by atoms with Gasteiger partial charge in [0, 0.05) is 29.4 Å². The molecule has 0 aliphatic heterocycles. The number of allylic oxidation sites excluding steroid dienone is 3. The topological polar surface area (TPSA) is 21.6 Å². The van der Waals surface area contributed by atoms with Crippen LogP contribution in [0.5, 0.6) is 5.75 Å². The molecule has 3 heteroatoms. The first kappa shape index (κ1) is 23.2. The summed E-state index contributed by atoms with van der Waals surface area (Å²) in [6, 6.07) is 21.5. The van der Waals surface area contributed by atoms with Crippen LogP contribution in [0.3, 0.4) is 0 Å². The van der Waals surface area contributed by atoms with Crippen LogP contribution in [0, 0.1) is 26.7 Å². The molecule has 2 unspecified atom stereocenters. The Morgan fingerprint density at radius 2 is 1.79 bits per heavy atom. The molecule has 0 heterocycles. The van der Waals surface area contributed by atoms with Gasteiger partial charge in [-0.1, -0.05) is 87.5 Å². The van der Waals surface area contributed by atoms with E-state index >= 15 is 0 Å². The maximum absolute atomic E-state index is 6.48. The maximum atomic E-state index is 6.48. The van der Waals surface area contributed by atoms with Crippen molar-refractivity contribution in [3.05, 3.63) is 113 Å². The lowest BCUT2D eigenvalue weighted by Gasteiger charge is -2.21. The highest BCUT2D eigenvalue weighted by molar-refractivity contribution is 7.56. The van der Waals surface area contributed by atoms with E-state index in [2.05, 4.69) is 99.7 Å². The van der Waals surface area contributed by atoms with Crippen LogP contribution in [-0.2, 0) is 0 Å². The Morgan fingerprint density at radius 1 is 0.970 bits per heavy atom. The molecule has 0 radical (unpaired) electrons. The van der Waals surface area contributed by atoms with E-state index in [1.54, 1.807) is 0 Å². The fourth-order valence-electron chi connectivity index (χ4n) is 4.35. The molecule has 4 rings (SSSR count). The highest BCUT2D eigenvalue weighted by Gasteiger charge is 2.18. The van der Waals surface area contributed by atoms with Crippen molar-refractivity contribution in [1.82, 2.24) is 0 Å². The van der Waals surface area contributed by atoms with E-state index in [1.165, 1.54) is 32.9 Å². The molecule has 0 bridgehead atoms. The van der Waals surface area contributed by atoms with Gasteiger partial charge in [0.2, 0.25) is 0 Å². The third-order valence-electron chi connectivity index (χ3n) is 5.99. The van der Waals surface area contributed by atoms with Gasteiger partial charge < -0.3 is 4.74 Å². The Labute approximate surface area is 199 Å². The van der Waals surface area contributed by atoms with Crippen molar-refractivity contribution < 1.29 is 4.74 Å². The summed E-state index contributed by atoms with van der Waals surface area (Å²) < 4.78 is 6.48. The SMILES string of the molecule is CN=C(c1ccccc1)c1cccc(C)c1Pc1cc(C)cc(C)c1OCC1C=CC=CC1. The van der Waals surface area contributed by atoms with Crippen LogP contribution in [0.1, 0.15) is 34.2 Å². The molecule has 0 amide bonds. The molecule has 2 nitrogen and oxygen atoms in total.